The normalized spacial score (nSPS) is 36.3. The van der Waals surface area contributed by atoms with Crippen LogP contribution in [0.4, 0.5) is 0 Å². The summed E-state index contributed by atoms with van der Waals surface area (Å²) < 4.78 is 42.5. The number of ether oxygens (including phenoxy) is 7. The van der Waals surface area contributed by atoms with E-state index in [9.17, 15) is 33.9 Å². The first-order valence-electron chi connectivity index (χ1n) is 16.9. The van der Waals surface area contributed by atoms with Crippen LogP contribution < -0.4 is 0 Å². The number of aliphatic hydroxyl groups is 1. The van der Waals surface area contributed by atoms with Gasteiger partial charge in [0.1, 0.15) is 30.0 Å². The van der Waals surface area contributed by atoms with Gasteiger partial charge in [-0.05, 0) is 30.2 Å². The third-order valence-corrected chi connectivity index (χ3v) is 11.3. The van der Waals surface area contributed by atoms with Gasteiger partial charge in [-0.1, -0.05) is 39.0 Å². The summed E-state index contributed by atoms with van der Waals surface area (Å²) in [5.41, 5.74) is -6.32. The zero-order chi connectivity index (χ0) is 37.8. The second kappa shape index (κ2) is 13.4. The Balaban J connectivity index is 1.95. The molecule has 2 unspecified atom stereocenters. The SMILES string of the molecule is CC(=O)OC1[C@H](OC(C)=O)C2=C(C)[C@@H](OC(C)=O)C[C@@](O)([C@@H](OC(=O)c3ccccc3)C3[C@@]1(C)[C@H](OC(C)=O)C[C@H]1OC[C@@]31OC(C)=O)C2(C)C. The molecular formula is C37H46O14. The third kappa shape index (κ3) is 6.19. The van der Waals surface area contributed by atoms with E-state index in [2.05, 4.69) is 0 Å². The molecule has 2 saturated carbocycles. The van der Waals surface area contributed by atoms with E-state index in [1.165, 1.54) is 32.9 Å². The van der Waals surface area contributed by atoms with E-state index >= 15 is 0 Å². The maximum Gasteiger partial charge on any atom is 0.338 e. The van der Waals surface area contributed by atoms with Gasteiger partial charge in [0.25, 0.3) is 0 Å². The molecule has 51 heavy (non-hydrogen) atoms. The molecule has 0 aromatic heterocycles. The highest BCUT2D eigenvalue weighted by Gasteiger charge is 2.79. The van der Waals surface area contributed by atoms with Gasteiger partial charge in [-0.25, -0.2) is 4.79 Å². The molecule has 10 atom stereocenters. The molecule has 1 heterocycles. The Morgan fingerprint density at radius 2 is 1.35 bits per heavy atom. The number of hydrogen-bond donors (Lipinski definition) is 1. The molecule has 0 amide bonds. The Hall–Kier alpha value is -4.30. The average molecular weight is 715 g/mol. The van der Waals surface area contributed by atoms with E-state index < -0.39 is 100 Å². The number of carbonyl (C=O) groups is 6. The quantitative estimate of drug-likeness (QED) is 0.247. The monoisotopic (exact) mass is 714 g/mol. The zero-order valence-electron chi connectivity index (χ0n) is 30.3. The van der Waals surface area contributed by atoms with Crippen molar-refractivity contribution in [2.75, 3.05) is 6.61 Å². The minimum Gasteiger partial charge on any atom is -0.462 e. The van der Waals surface area contributed by atoms with Crippen LogP contribution in [0.3, 0.4) is 0 Å². The molecule has 1 aliphatic heterocycles. The summed E-state index contributed by atoms with van der Waals surface area (Å²) in [6, 6.07) is 8.02. The van der Waals surface area contributed by atoms with Crippen LogP contribution in [-0.4, -0.2) is 95.4 Å². The van der Waals surface area contributed by atoms with E-state index in [1.807, 2.05) is 0 Å². The highest BCUT2D eigenvalue weighted by Crippen LogP contribution is 2.66. The maximum atomic E-state index is 14.2. The Bertz CT molecular complexity index is 1650. The van der Waals surface area contributed by atoms with E-state index in [0.29, 0.717) is 5.57 Å². The van der Waals surface area contributed by atoms with Gasteiger partial charge in [0.05, 0.1) is 23.5 Å². The number of esters is 6. The van der Waals surface area contributed by atoms with E-state index in [1.54, 1.807) is 45.9 Å². The topological polar surface area (TPSA) is 187 Å². The molecule has 1 aromatic carbocycles. The smallest absolute Gasteiger partial charge is 0.338 e. The summed E-state index contributed by atoms with van der Waals surface area (Å²) >= 11 is 0. The Morgan fingerprint density at radius 1 is 0.765 bits per heavy atom. The average Bonchev–Trinajstić information content (AvgIpc) is 3.00. The molecule has 0 spiro atoms. The molecule has 14 heteroatoms. The first-order chi connectivity index (χ1) is 23.7. The summed E-state index contributed by atoms with van der Waals surface area (Å²) in [5, 5.41) is 13.5. The lowest BCUT2D eigenvalue weighted by atomic mass is 9.44. The fourth-order valence-electron chi connectivity index (χ4n) is 9.16. The van der Waals surface area contributed by atoms with Crippen molar-refractivity contribution in [3.05, 3.63) is 47.0 Å². The van der Waals surface area contributed by atoms with Gasteiger partial charge in [-0.15, -0.1) is 0 Å². The molecule has 2 bridgehead atoms. The maximum absolute atomic E-state index is 14.2. The van der Waals surface area contributed by atoms with Crippen LogP contribution in [0, 0.1) is 16.7 Å². The van der Waals surface area contributed by atoms with Crippen molar-refractivity contribution in [1.82, 2.24) is 0 Å². The van der Waals surface area contributed by atoms with Crippen molar-refractivity contribution in [3.63, 3.8) is 0 Å². The van der Waals surface area contributed by atoms with Crippen molar-refractivity contribution in [3.8, 4) is 0 Å². The molecular weight excluding hydrogens is 668 g/mol. The predicted molar refractivity (Wildman–Crippen MR) is 174 cm³/mol. The van der Waals surface area contributed by atoms with Gasteiger partial charge in [0.2, 0.25) is 0 Å². The van der Waals surface area contributed by atoms with Gasteiger partial charge in [0.15, 0.2) is 17.8 Å². The molecule has 3 aliphatic carbocycles. The summed E-state index contributed by atoms with van der Waals surface area (Å²) in [6.45, 7) is 12.2. The lowest BCUT2D eigenvalue weighted by Crippen LogP contribution is -2.82. The number of fused-ring (bicyclic) bond motifs is 5. The molecule has 0 radical (unpaired) electrons. The van der Waals surface area contributed by atoms with Crippen LogP contribution in [0.25, 0.3) is 0 Å². The summed E-state index contributed by atoms with van der Waals surface area (Å²) in [6.07, 6.45) is -8.34. The van der Waals surface area contributed by atoms with Gasteiger partial charge in [-0.2, -0.15) is 0 Å². The lowest BCUT2D eigenvalue weighted by Gasteiger charge is -2.69. The molecule has 3 fully saturated rings. The molecule has 278 valence electrons. The van der Waals surface area contributed by atoms with Crippen LogP contribution >= 0.6 is 0 Å². The second-order valence-corrected chi connectivity index (χ2v) is 14.7. The highest BCUT2D eigenvalue weighted by atomic mass is 16.6. The Kier molecular flexibility index (Phi) is 9.93. The van der Waals surface area contributed by atoms with Gasteiger partial charge in [-0.3, -0.25) is 24.0 Å². The molecule has 1 aromatic rings. The minimum atomic E-state index is -2.19. The second-order valence-electron chi connectivity index (χ2n) is 14.7. The van der Waals surface area contributed by atoms with Crippen LogP contribution in [-0.2, 0) is 57.1 Å². The van der Waals surface area contributed by atoms with Gasteiger partial charge < -0.3 is 38.3 Å². The number of benzene rings is 1. The van der Waals surface area contributed by atoms with Crippen molar-refractivity contribution in [1.29, 1.82) is 0 Å². The molecule has 4 aliphatic rings. The largest absolute Gasteiger partial charge is 0.462 e. The molecule has 1 saturated heterocycles. The highest BCUT2D eigenvalue weighted by molar-refractivity contribution is 5.89. The summed E-state index contributed by atoms with van der Waals surface area (Å²) in [5.74, 6) is -5.93. The van der Waals surface area contributed by atoms with Gasteiger partial charge >= 0.3 is 35.8 Å². The zero-order valence-corrected chi connectivity index (χ0v) is 30.3. The van der Waals surface area contributed by atoms with Crippen molar-refractivity contribution in [2.45, 2.75) is 123 Å². The molecule has 1 N–H and O–H groups in total. The lowest BCUT2D eigenvalue weighted by molar-refractivity contribution is -0.365. The van der Waals surface area contributed by atoms with Crippen LogP contribution in [0.15, 0.2) is 41.5 Å². The van der Waals surface area contributed by atoms with Crippen molar-refractivity contribution >= 4 is 35.8 Å². The van der Waals surface area contributed by atoms with Gasteiger partial charge in [0, 0.05) is 52.9 Å². The first-order valence-corrected chi connectivity index (χ1v) is 16.9. The fraction of sp³-hybridized carbons (Fsp3) is 0.622. The van der Waals surface area contributed by atoms with E-state index in [-0.39, 0.29) is 30.6 Å². The summed E-state index contributed by atoms with van der Waals surface area (Å²) in [4.78, 5) is 78.6. The van der Waals surface area contributed by atoms with Crippen molar-refractivity contribution < 1.29 is 67.0 Å². The molecule has 5 rings (SSSR count). The molecule has 14 nitrogen and oxygen atoms in total. The predicted octanol–water partition coefficient (Wildman–Crippen LogP) is 3.16. The minimum absolute atomic E-state index is 0.0698. The number of hydrogen-bond acceptors (Lipinski definition) is 14. The van der Waals surface area contributed by atoms with E-state index in [4.69, 9.17) is 33.2 Å². The van der Waals surface area contributed by atoms with Crippen molar-refractivity contribution in [2.24, 2.45) is 16.7 Å². The van der Waals surface area contributed by atoms with Crippen LogP contribution in [0.2, 0.25) is 0 Å². The fourth-order valence-corrected chi connectivity index (χ4v) is 9.16. The first kappa shape index (κ1) is 37.9. The Morgan fingerprint density at radius 3 is 1.86 bits per heavy atom. The number of rotatable bonds is 7. The Labute approximate surface area is 296 Å². The standard InChI is InChI=1S/C37H46O14/c1-18-25(46-19(2)38)16-37(44)32(50-33(43)24-13-11-10-12-14-24)30-35(9,26(47-20(3)39)15-27-36(30,17-45-27)51-23(6)42)31(49-22(5)41)29(48-21(4)40)28(18)34(37,7)8/h10-14,25-27,29-32,44H,15-17H2,1-9H3/t25-,26+,27+,29+,30?,31?,32-,35+,36-,37+/m0/s1. The third-order valence-electron chi connectivity index (χ3n) is 11.3. The van der Waals surface area contributed by atoms with Crippen LogP contribution in [0.1, 0.15) is 85.5 Å². The van der Waals surface area contributed by atoms with E-state index in [0.717, 1.165) is 13.8 Å². The number of carbonyl (C=O) groups excluding carboxylic acids is 6. The summed E-state index contributed by atoms with van der Waals surface area (Å²) in [7, 11) is 0. The van der Waals surface area contributed by atoms with Crippen LogP contribution in [0.5, 0.6) is 0 Å².